The van der Waals surface area contributed by atoms with Crippen LogP contribution in [0.2, 0.25) is 0 Å². The summed E-state index contributed by atoms with van der Waals surface area (Å²) in [5, 5.41) is 30.1. The smallest absolute Gasteiger partial charge is 0.350 e. The van der Waals surface area contributed by atoms with Crippen LogP contribution < -0.4 is 0 Å². The summed E-state index contributed by atoms with van der Waals surface area (Å²) in [6.07, 6.45) is 0.0790. The summed E-state index contributed by atoms with van der Waals surface area (Å²) in [5.41, 5.74) is -3.93. The molecular weight excluding hydrogens is 396 g/mol. The lowest BCUT2D eigenvalue weighted by Crippen LogP contribution is -2.56. The van der Waals surface area contributed by atoms with Gasteiger partial charge in [0.05, 0.1) is 19.8 Å². The van der Waals surface area contributed by atoms with Crippen molar-refractivity contribution in [3.8, 4) is 12.3 Å². The zero-order valence-corrected chi connectivity index (χ0v) is 16.8. The van der Waals surface area contributed by atoms with Gasteiger partial charge in [0.15, 0.2) is 11.9 Å². The lowest BCUT2D eigenvalue weighted by molar-refractivity contribution is -0.200. The van der Waals surface area contributed by atoms with Crippen LogP contribution in [0.5, 0.6) is 0 Å². The van der Waals surface area contributed by atoms with Gasteiger partial charge in [0.25, 0.3) is 5.60 Å². The number of benzene rings is 1. The van der Waals surface area contributed by atoms with Crippen molar-refractivity contribution in [3.63, 3.8) is 0 Å². The van der Waals surface area contributed by atoms with Gasteiger partial charge in [0.1, 0.15) is 12.2 Å². The Morgan fingerprint density at radius 1 is 1.17 bits per heavy atom. The van der Waals surface area contributed by atoms with Gasteiger partial charge in [-0.05, 0) is 19.4 Å². The summed E-state index contributed by atoms with van der Waals surface area (Å²) >= 11 is 0. The monoisotopic (exact) mass is 422 g/mol. The fraction of sp³-hybridized carbons (Fsp3) is 0.524. The molecule has 1 saturated heterocycles. The number of hydrogen-bond donors (Lipinski definition) is 3. The van der Waals surface area contributed by atoms with E-state index >= 15 is 0 Å². The molecular formula is C21H26O9. The van der Waals surface area contributed by atoms with Crippen LogP contribution in [-0.2, 0) is 35.0 Å². The van der Waals surface area contributed by atoms with Crippen molar-refractivity contribution in [2.75, 3.05) is 19.8 Å². The first-order valence-corrected chi connectivity index (χ1v) is 9.49. The molecule has 164 valence electrons. The van der Waals surface area contributed by atoms with Crippen LogP contribution in [0.15, 0.2) is 30.3 Å². The van der Waals surface area contributed by atoms with Crippen molar-refractivity contribution in [1.29, 1.82) is 0 Å². The summed E-state index contributed by atoms with van der Waals surface area (Å²) < 4.78 is 20.9. The maximum Gasteiger partial charge on any atom is 0.350 e. The van der Waals surface area contributed by atoms with Crippen LogP contribution in [0.4, 0.5) is 0 Å². The summed E-state index contributed by atoms with van der Waals surface area (Å²) in [5.74, 6) is -0.00679. The summed E-state index contributed by atoms with van der Waals surface area (Å²) in [7, 11) is 0. The van der Waals surface area contributed by atoms with Crippen molar-refractivity contribution in [2.24, 2.45) is 0 Å². The van der Waals surface area contributed by atoms with E-state index in [1.807, 2.05) is 5.92 Å². The highest BCUT2D eigenvalue weighted by molar-refractivity contribution is 6.04. The topological polar surface area (TPSA) is 132 Å². The van der Waals surface area contributed by atoms with Crippen LogP contribution in [0.1, 0.15) is 19.4 Å². The molecule has 0 aromatic heterocycles. The summed E-state index contributed by atoms with van der Waals surface area (Å²) in [6.45, 7) is 2.48. The van der Waals surface area contributed by atoms with Crippen LogP contribution in [0.25, 0.3) is 0 Å². The average Bonchev–Trinajstić information content (AvgIpc) is 2.96. The number of esters is 2. The number of terminal acetylenes is 1. The van der Waals surface area contributed by atoms with Crippen LogP contribution in [0.3, 0.4) is 0 Å². The van der Waals surface area contributed by atoms with E-state index in [4.69, 9.17) is 25.4 Å². The minimum atomic E-state index is -2.29. The predicted molar refractivity (Wildman–Crippen MR) is 103 cm³/mol. The second kappa shape index (κ2) is 10.0. The molecule has 0 amide bonds. The van der Waals surface area contributed by atoms with E-state index in [2.05, 4.69) is 0 Å². The van der Waals surface area contributed by atoms with Crippen molar-refractivity contribution in [2.45, 2.75) is 50.0 Å². The summed E-state index contributed by atoms with van der Waals surface area (Å²) in [6, 6.07) is 8.59. The fourth-order valence-electron chi connectivity index (χ4n) is 3.09. The number of aliphatic hydroxyl groups is 3. The van der Waals surface area contributed by atoms with E-state index in [1.54, 1.807) is 44.2 Å². The molecule has 1 fully saturated rings. The highest BCUT2D eigenvalue weighted by Gasteiger charge is 2.57. The highest BCUT2D eigenvalue weighted by Crippen LogP contribution is 2.32. The molecule has 1 aliphatic rings. The molecule has 1 aliphatic heterocycles. The number of ether oxygens (including phenoxy) is 4. The minimum Gasteiger partial charge on any atom is -0.463 e. The standard InChI is InChI=1S/C21H26O9/c1-4-20(26)15(30-17(23)16(20)22)13-29-21(18(24)27-5-2,19(25)28-6-3)12-14-10-8-7-9-11-14/h1,7-11,15-17,22-23,26H,5-6,12-13H2,2-3H3/t15-,16+,17?,20-/m1/s1. The van der Waals surface area contributed by atoms with Gasteiger partial charge in [0, 0.05) is 6.42 Å². The zero-order valence-electron chi connectivity index (χ0n) is 16.8. The van der Waals surface area contributed by atoms with Gasteiger partial charge in [0.2, 0.25) is 0 Å². The molecule has 1 unspecified atom stereocenters. The van der Waals surface area contributed by atoms with Gasteiger partial charge in [-0.2, -0.15) is 0 Å². The first-order valence-electron chi connectivity index (χ1n) is 9.49. The normalized spacial score (nSPS) is 26.1. The maximum absolute atomic E-state index is 12.9. The van der Waals surface area contributed by atoms with Crippen molar-refractivity contribution in [1.82, 2.24) is 0 Å². The largest absolute Gasteiger partial charge is 0.463 e. The molecule has 2 rings (SSSR count). The number of hydrogen-bond acceptors (Lipinski definition) is 9. The first-order chi connectivity index (χ1) is 14.2. The molecule has 0 aliphatic carbocycles. The Hall–Kier alpha value is -2.48. The van der Waals surface area contributed by atoms with E-state index in [0.717, 1.165) is 0 Å². The molecule has 0 spiro atoms. The average molecular weight is 422 g/mol. The zero-order chi connectivity index (χ0) is 22.4. The fourth-order valence-corrected chi connectivity index (χ4v) is 3.09. The SMILES string of the molecule is C#C[C@@]1(O)[C@@H](COC(Cc2ccccc2)(C(=O)OCC)C(=O)OCC)OC(O)[C@@H]1O. The second-order valence-corrected chi connectivity index (χ2v) is 6.67. The number of rotatable bonds is 9. The van der Waals surface area contributed by atoms with Crippen LogP contribution in [-0.4, -0.2) is 76.8 Å². The lowest BCUT2D eigenvalue weighted by Gasteiger charge is -2.32. The third-order valence-corrected chi connectivity index (χ3v) is 4.73. The lowest BCUT2D eigenvalue weighted by atomic mass is 9.92. The van der Waals surface area contributed by atoms with Gasteiger partial charge in [-0.25, -0.2) is 9.59 Å². The molecule has 1 aromatic carbocycles. The Balaban J connectivity index is 2.39. The van der Waals surface area contributed by atoms with Crippen molar-refractivity contribution < 1.29 is 43.9 Å². The molecule has 0 bridgehead atoms. The molecule has 1 heterocycles. The third-order valence-electron chi connectivity index (χ3n) is 4.73. The van der Waals surface area contributed by atoms with E-state index in [9.17, 15) is 24.9 Å². The molecule has 1 aromatic rings. The Kier molecular flexibility index (Phi) is 7.95. The third kappa shape index (κ3) is 4.64. The Labute approximate surface area is 174 Å². The van der Waals surface area contributed by atoms with E-state index in [0.29, 0.717) is 5.56 Å². The van der Waals surface area contributed by atoms with E-state index in [-0.39, 0.29) is 19.6 Å². The molecule has 30 heavy (non-hydrogen) atoms. The van der Waals surface area contributed by atoms with Crippen LogP contribution >= 0.6 is 0 Å². The van der Waals surface area contributed by atoms with Gasteiger partial charge < -0.3 is 34.3 Å². The molecule has 4 atom stereocenters. The molecule has 9 heteroatoms. The molecule has 0 radical (unpaired) electrons. The quantitative estimate of drug-likeness (QED) is 0.275. The van der Waals surface area contributed by atoms with Gasteiger partial charge in [-0.15, -0.1) is 6.42 Å². The van der Waals surface area contributed by atoms with Crippen molar-refractivity contribution >= 4 is 11.9 Å². The molecule has 0 saturated carbocycles. The van der Waals surface area contributed by atoms with E-state index in [1.165, 1.54) is 0 Å². The van der Waals surface area contributed by atoms with E-state index < -0.39 is 48.2 Å². The first kappa shape index (κ1) is 23.8. The molecule has 3 N–H and O–H groups in total. The Morgan fingerprint density at radius 3 is 2.23 bits per heavy atom. The predicted octanol–water partition coefficient (Wildman–Crippen LogP) is -0.447. The number of carbonyl (C=O) groups is 2. The maximum atomic E-state index is 12.9. The highest BCUT2D eigenvalue weighted by atomic mass is 16.7. The molecule has 9 nitrogen and oxygen atoms in total. The van der Waals surface area contributed by atoms with Gasteiger partial charge >= 0.3 is 11.9 Å². The minimum absolute atomic E-state index is 0.0240. The number of aliphatic hydroxyl groups excluding tert-OH is 2. The van der Waals surface area contributed by atoms with Crippen LogP contribution in [0, 0.1) is 12.3 Å². The van der Waals surface area contributed by atoms with Gasteiger partial charge in [-0.3, -0.25) is 0 Å². The number of carbonyl (C=O) groups excluding carboxylic acids is 2. The van der Waals surface area contributed by atoms with Gasteiger partial charge in [-0.1, -0.05) is 36.3 Å². The Morgan fingerprint density at radius 2 is 1.73 bits per heavy atom. The van der Waals surface area contributed by atoms with Crippen molar-refractivity contribution in [3.05, 3.63) is 35.9 Å². The second-order valence-electron chi connectivity index (χ2n) is 6.67. The summed E-state index contributed by atoms with van der Waals surface area (Å²) in [4.78, 5) is 25.7. The Bertz CT molecular complexity index is 754.